The lowest BCUT2D eigenvalue weighted by atomic mass is 10.1. The van der Waals surface area contributed by atoms with Gasteiger partial charge in [-0.1, -0.05) is 17.7 Å². The number of hydrogen-bond acceptors (Lipinski definition) is 3. The molecule has 0 radical (unpaired) electrons. The number of nitrogens with zero attached hydrogens (tertiary/aromatic N) is 2. The summed E-state index contributed by atoms with van der Waals surface area (Å²) in [4.78, 5) is 16.0. The Hall–Kier alpha value is -1.72. The monoisotopic (exact) mass is 281 g/mol. The number of imidazole rings is 1. The topological polar surface area (TPSA) is 60.9 Å². The fourth-order valence-corrected chi connectivity index (χ4v) is 1.82. The molecule has 0 bridgehead atoms. The first-order valence-corrected chi connectivity index (χ1v) is 6.17. The van der Waals surface area contributed by atoms with Crippen molar-refractivity contribution >= 4 is 17.4 Å². The molecule has 19 heavy (non-hydrogen) atoms. The van der Waals surface area contributed by atoms with Gasteiger partial charge in [-0.2, -0.15) is 0 Å². The zero-order valence-electron chi connectivity index (χ0n) is 10.1. The van der Waals surface area contributed by atoms with E-state index >= 15 is 0 Å². The van der Waals surface area contributed by atoms with Gasteiger partial charge in [-0.3, -0.25) is 4.79 Å². The van der Waals surface area contributed by atoms with Gasteiger partial charge >= 0.3 is 0 Å². The first-order valence-electron chi connectivity index (χ1n) is 5.79. The van der Waals surface area contributed by atoms with Gasteiger partial charge in [0.2, 0.25) is 0 Å². The molecule has 1 heterocycles. The number of nitrogens with two attached hydrogens (primary N) is 1. The number of Topliss-reactive ketones (excluding diaryl/α,β-unsaturated/α-hetero) is 1. The van der Waals surface area contributed by atoms with Crippen LogP contribution >= 0.6 is 11.6 Å². The van der Waals surface area contributed by atoms with Gasteiger partial charge in [0.05, 0.1) is 11.3 Å². The summed E-state index contributed by atoms with van der Waals surface area (Å²) >= 11 is 5.58. The second kappa shape index (κ2) is 5.95. The molecule has 0 aliphatic carbocycles. The molecule has 0 amide bonds. The molecule has 2 rings (SSSR count). The molecule has 0 spiro atoms. The number of aromatic nitrogens is 2. The molecule has 6 heteroatoms. The van der Waals surface area contributed by atoms with Gasteiger partial charge in [0.1, 0.15) is 11.5 Å². The largest absolute Gasteiger partial charge is 0.335 e. The minimum absolute atomic E-state index is 0.0448. The molecular weight excluding hydrogens is 269 g/mol. The van der Waals surface area contributed by atoms with Gasteiger partial charge in [-0.05, 0) is 17.7 Å². The Bertz CT molecular complexity index is 597. The minimum Gasteiger partial charge on any atom is -0.335 e. The third-order valence-electron chi connectivity index (χ3n) is 2.65. The predicted octanol–water partition coefficient (Wildman–Crippen LogP) is 2.06. The molecule has 0 unspecified atom stereocenters. The number of carbonyl (C=O) groups excluding carboxylic acids is 1. The van der Waals surface area contributed by atoms with Gasteiger partial charge in [0.25, 0.3) is 0 Å². The van der Waals surface area contributed by atoms with Crippen LogP contribution in [-0.4, -0.2) is 21.9 Å². The van der Waals surface area contributed by atoms with Gasteiger partial charge in [0, 0.05) is 25.7 Å². The Labute approximate surface area is 115 Å². The molecular formula is C13H13ClFN3O. The van der Waals surface area contributed by atoms with Crippen molar-refractivity contribution in [3.8, 4) is 0 Å². The minimum atomic E-state index is -0.527. The van der Waals surface area contributed by atoms with Crippen molar-refractivity contribution in [3.05, 3.63) is 52.8 Å². The summed E-state index contributed by atoms with van der Waals surface area (Å²) in [6, 6.07) is 4.32. The summed E-state index contributed by atoms with van der Waals surface area (Å²) in [5, 5.41) is 0.0448. The lowest BCUT2D eigenvalue weighted by molar-refractivity contribution is 0.0988. The van der Waals surface area contributed by atoms with Gasteiger partial charge in [-0.25, -0.2) is 9.37 Å². The Morgan fingerprint density at radius 2 is 2.26 bits per heavy atom. The Kier molecular flexibility index (Phi) is 4.29. The van der Waals surface area contributed by atoms with Gasteiger partial charge < -0.3 is 10.3 Å². The maximum absolute atomic E-state index is 13.3. The van der Waals surface area contributed by atoms with Crippen LogP contribution in [0.3, 0.4) is 0 Å². The summed E-state index contributed by atoms with van der Waals surface area (Å²) in [7, 11) is 0. The van der Waals surface area contributed by atoms with E-state index in [1.807, 2.05) is 0 Å². The highest BCUT2D eigenvalue weighted by molar-refractivity contribution is 6.30. The molecule has 0 saturated carbocycles. The molecule has 0 atom stereocenters. The van der Waals surface area contributed by atoms with E-state index in [0.29, 0.717) is 24.3 Å². The van der Waals surface area contributed by atoms with E-state index in [9.17, 15) is 9.18 Å². The number of halogens is 2. The van der Waals surface area contributed by atoms with Crippen LogP contribution in [-0.2, 0) is 13.0 Å². The van der Waals surface area contributed by atoms with Crippen LogP contribution in [0, 0.1) is 5.82 Å². The molecule has 2 aromatic rings. The standard InChI is InChI=1S/C13H13ClFN3O/c14-10-2-1-9(5-11(10)15)6-13(19)12-7-18(4-3-16)8-17-12/h1-2,5,7-8H,3-4,6,16H2. The highest BCUT2D eigenvalue weighted by atomic mass is 35.5. The fourth-order valence-electron chi connectivity index (χ4n) is 1.70. The van der Waals surface area contributed by atoms with Crippen LogP contribution in [0.5, 0.6) is 0 Å². The van der Waals surface area contributed by atoms with Crippen molar-refractivity contribution in [2.45, 2.75) is 13.0 Å². The van der Waals surface area contributed by atoms with Gasteiger partial charge in [0.15, 0.2) is 5.78 Å². The van der Waals surface area contributed by atoms with Crippen molar-refractivity contribution in [3.63, 3.8) is 0 Å². The van der Waals surface area contributed by atoms with Crippen molar-refractivity contribution in [1.82, 2.24) is 9.55 Å². The van der Waals surface area contributed by atoms with Crippen LogP contribution < -0.4 is 5.73 Å². The van der Waals surface area contributed by atoms with Crippen molar-refractivity contribution in [2.24, 2.45) is 5.73 Å². The number of benzene rings is 1. The van der Waals surface area contributed by atoms with E-state index in [2.05, 4.69) is 4.98 Å². The van der Waals surface area contributed by atoms with Crippen LogP contribution in [0.25, 0.3) is 0 Å². The van der Waals surface area contributed by atoms with Crippen LogP contribution in [0.4, 0.5) is 4.39 Å². The first-order chi connectivity index (χ1) is 9.10. The van der Waals surface area contributed by atoms with E-state index in [1.54, 1.807) is 23.2 Å². The maximum Gasteiger partial charge on any atom is 0.187 e. The molecule has 100 valence electrons. The second-order valence-corrected chi connectivity index (χ2v) is 4.54. The molecule has 1 aromatic heterocycles. The van der Waals surface area contributed by atoms with Crippen LogP contribution in [0.2, 0.25) is 5.02 Å². The highest BCUT2D eigenvalue weighted by Gasteiger charge is 2.11. The van der Waals surface area contributed by atoms with Gasteiger partial charge in [-0.15, -0.1) is 0 Å². The van der Waals surface area contributed by atoms with Crippen molar-refractivity contribution in [1.29, 1.82) is 0 Å². The zero-order chi connectivity index (χ0) is 13.8. The van der Waals surface area contributed by atoms with Crippen molar-refractivity contribution in [2.75, 3.05) is 6.54 Å². The molecule has 1 aromatic carbocycles. The number of carbonyl (C=O) groups is 1. The average Bonchev–Trinajstić information content (AvgIpc) is 2.83. The molecule has 0 aliphatic rings. The first kappa shape index (κ1) is 13.7. The number of hydrogen-bond donors (Lipinski definition) is 1. The lowest BCUT2D eigenvalue weighted by Crippen LogP contribution is -2.08. The van der Waals surface area contributed by atoms with E-state index in [4.69, 9.17) is 17.3 Å². The molecule has 0 fully saturated rings. The molecule has 0 saturated heterocycles. The maximum atomic E-state index is 13.3. The second-order valence-electron chi connectivity index (χ2n) is 4.13. The number of ketones is 1. The molecule has 4 nitrogen and oxygen atoms in total. The fraction of sp³-hybridized carbons (Fsp3) is 0.231. The van der Waals surface area contributed by atoms with Crippen LogP contribution in [0.1, 0.15) is 16.1 Å². The Morgan fingerprint density at radius 1 is 1.47 bits per heavy atom. The van der Waals surface area contributed by atoms with Crippen LogP contribution in [0.15, 0.2) is 30.7 Å². The highest BCUT2D eigenvalue weighted by Crippen LogP contribution is 2.16. The summed E-state index contributed by atoms with van der Waals surface area (Å²) in [5.74, 6) is -0.696. The van der Waals surface area contributed by atoms with E-state index in [-0.39, 0.29) is 17.2 Å². The Morgan fingerprint density at radius 3 is 2.95 bits per heavy atom. The normalized spacial score (nSPS) is 10.7. The predicted molar refractivity (Wildman–Crippen MR) is 70.7 cm³/mol. The van der Waals surface area contributed by atoms with E-state index in [0.717, 1.165) is 0 Å². The summed E-state index contributed by atoms with van der Waals surface area (Å²) in [6.45, 7) is 1.09. The quantitative estimate of drug-likeness (QED) is 0.854. The zero-order valence-corrected chi connectivity index (χ0v) is 10.9. The molecule has 0 aliphatic heterocycles. The SMILES string of the molecule is NCCn1cnc(C(=O)Cc2ccc(Cl)c(F)c2)c1. The summed E-state index contributed by atoms with van der Waals surface area (Å²) in [6.07, 6.45) is 3.29. The summed E-state index contributed by atoms with van der Waals surface area (Å²) < 4.78 is 15.0. The third-order valence-corrected chi connectivity index (χ3v) is 2.96. The Balaban J connectivity index is 2.09. The van der Waals surface area contributed by atoms with E-state index in [1.165, 1.54) is 12.1 Å². The smallest absolute Gasteiger partial charge is 0.187 e. The molecule has 2 N–H and O–H groups in total. The summed E-state index contributed by atoms with van der Waals surface area (Å²) in [5.41, 5.74) is 6.33. The third kappa shape index (κ3) is 3.39. The lowest BCUT2D eigenvalue weighted by Gasteiger charge is -2.00. The van der Waals surface area contributed by atoms with E-state index < -0.39 is 5.82 Å². The van der Waals surface area contributed by atoms with Crippen molar-refractivity contribution < 1.29 is 9.18 Å². The average molecular weight is 282 g/mol. The number of rotatable bonds is 5.